The first-order chi connectivity index (χ1) is 13.9. The molecule has 0 radical (unpaired) electrons. The summed E-state index contributed by atoms with van der Waals surface area (Å²) in [7, 11) is 0. The van der Waals surface area contributed by atoms with E-state index in [1.807, 2.05) is 24.5 Å². The van der Waals surface area contributed by atoms with Crippen molar-refractivity contribution in [3.8, 4) is 0 Å². The van der Waals surface area contributed by atoms with Crippen LogP contribution in [0.2, 0.25) is 0 Å². The monoisotopic (exact) mass is 407 g/mol. The smallest absolute Gasteiger partial charge is 0.329 e. The fourth-order valence-electron chi connectivity index (χ4n) is 3.01. The molecular weight excluding hydrogens is 383 g/mol. The highest BCUT2D eigenvalue weighted by Crippen LogP contribution is 2.27. The average molecular weight is 407 g/mol. The zero-order chi connectivity index (χ0) is 20.9. The fraction of sp³-hybridized carbons (Fsp3) is 0.450. The second-order valence-electron chi connectivity index (χ2n) is 6.76. The maximum absolute atomic E-state index is 12.5. The van der Waals surface area contributed by atoms with Crippen LogP contribution in [-0.2, 0) is 12.7 Å². The molecule has 6 nitrogen and oxygen atoms in total. The number of nitrogens with zero attached hydrogens (tertiary/aromatic N) is 5. The standard InChI is InChI=1S/C20H24F3N5O/c1-3-5-10-27(4-2)11-12-28-14-24-16-13-15(6-8-17(16)28)7-9-18-25-19(29-26-18)20(21,22)23/h6-9,13-14H,3-5,10-12H2,1-2H3/b9-7+. The Labute approximate surface area is 167 Å². The average Bonchev–Trinajstić information content (AvgIpc) is 3.33. The molecule has 0 saturated heterocycles. The summed E-state index contributed by atoms with van der Waals surface area (Å²) in [6.45, 7) is 8.29. The molecule has 0 atom stereocenters. The lowest BCUT2D eigenvalue weighted by atomic mass is 10.2. The Balaban J connectivity index is 1.67. The van der Waals surface area contributed by atoms with Crippen LogP contribution in [-0.4, -0.2) is 44.2 Å². The predicted molar refractivity (Wildman–Crippen MR) is 105 cm³/mol. The molecule has 0 aliphatic heterocycles. The summed E-state index contributed by atoms with van der Waals surface area (Å²) < 4.78 is 43.8. The summed E-state index contributed by atoms with van der Waals surface area (Å²) in [6, 6.07) is 5.72. The molecule has 0 fully saturated rings. The van der Waals surface area contributed by atoms with Gasteiger partial charge in [0.15, 0.2) is 5.82 Å². The van der Waals surface area contributed by atoms with Gasteiger partial charge in [-0.25, -0.2) is 4.98 Å². The van der Waals surface area contributed by atoms with Gasteiger partial charge in [-0.1, -0.05) is 37.6 Å². The lowest BCUT2D eigenvalue weighted by Gasteiger charge is -2.20. The lowest BCUT2D eigenvalue weighted by molar-refractivity contribution is -0.159. The van der Waals surface area contributed by atoms with Gasteiger partial charge < -0.3 is 14.0 Å². The zero-order valence-corrected chi connectivity index (χ0v) is 16.5. The number of aromatic nitrogens is 4. The van der Waals surface area contributed by atoms with Crippen molar-refractivity contribution in [2.75, 3.05) is 19.6 Å². The third-order valence-corrected chi connectivity index (χ3v) is 4.69. The first kappa shape index (κ1) is 21.0. The molecule has 3 rings (SSSR count). The van der Waals surface area contributed by atoms with E-state index in [4.69, 9.17) is 0 Å². The van der Waals surface area contributed by atoms with Crippen LogP contribution in [0.4, 0.5) is 13.2 Å². The van der Waals surface area contributed by atoms with Gasteiger partial charge in [0.25, 0.3) is 0 Å². The number of rotatable bonds is 9. The van der Waals surface area contributed by atoms with Crippen molar-refractivity contribution in [1.82, 2.24) is 24.6 Å². The van der Waals surface area contributed by atoms with Gasteiger partial charge in [-0.05, 0) is 43.3 Å². The number of imidazole rings is 1. The third-order valence-electron chi connectivity index (χ3n) is 4.69. The fourth-order valence-corrected chi connectivity index (χ4v) is 3.01. The Morgan fingerprint density at radius 3 is 2.69 bits per heavy atom. The summed E-state index contributed by atoms with van der Waals surface area (Å²) in [5.41, 5.74) is 2.64. The summed E-state index contributed by atoms with van der Waals surface area (Å²) in [4.78, 5) is 10.2. The van der Waals surface area contributed by atoms with Gasteiger partial charge in [0.1, 0.15) is 0 Å². The van der Waals surface area contributed by atoms with Crippen LogP contribution in [0, 0.1) is 0 Å². The van der Waals surface area contributed by atoms with E-state index in [0.717, 1.165) is 42.8 Å². The van der Waals surface area contributed by atoms with Gasteiger partial charge in [-0.15, -0.1) is 0 Å². The summed E-state index contributed by atoms with van der Waals surface area (Å²) in [6.07, 6.45) is 2.56. The van der Waals surface area contributed by atoms with Crippen molar-refractivity contribution >= 4 is 23.2 Å². The molecule has 0 N–H and O–H groups in total. The number of halogens is 3. The molecule has 0 spiro atoms. The van der Waals surface area contributed by atoms with Crippen molar-refractivity contribution in [1.29, 1.82) is 0 Å². The van der Waals surface area contributed by atoms with Gasteiger partial charge in [0, 0.05) is 13.1 Å². The van der Waals surface area contributed by atoms with Crippen molar-refractivity contribution in [3.05, 3.63) is 41.8 Å². The number of alkyl halides is 3. The van der Waals surface area contributed by atoms with Gasteiger partial charge in [-0.2, -0.15) is 18.2 Å². The molecule has 1 aromatic carbocycles. The zero-order valence-electron chi connectivity index (χ0n) is 16.5. The van der Waals surface area contributed by atoms with E-state index in [-0.39, 0.29) is 5.82 Å². The predicted octanol–water partition coefficient (Wildman–Crippen LogP) is 4.73. The van der Waals surface area contributed by atoms with Crippen molar-refractivity contribution in [2.45, 2.75) is 39.4 Å². The quantitative estimate of drug-likeness (QED) is 0.513. The molecule has 0 amide bonds. The Kier molecular flexibility index (Phi) is 6.68. The van der Waals surface area contributed by atoms with E-state index in [2.05, 4.69) is 43.0 Å². The number of benzene rings is 1. The second-order valence-corrected chi connectivity index (χ2v) is 6.76. The van der Waals surface area contributed by atoms with E-state index in [1.165, 1.54) is 18.9 Å². The van der Waals surface area contributed by atoms with E-state index >= 15 is 0 Å². The van der Waals surface area contributed by atoms with Crippen LogP contribution < -0.4 is 0 Å². The number of likely N-dealkylation sites (N-methyl/N-ethyl adjacent to an activating group) is 1. The van der Waals surface area contributed by atoms with Crippen LogP contribution in [0.25, 0.3) is 23.2 Å². The molecule has 9 heteroatoms. The highest BCUT2D eigenvalue weighted by molar-refractivity contribution is 5.80. The van der Waals surface area contributed by atoms with Crippen molar-refractivity contribution in [2.24, 2.45) is 0 Å². The van der Waals surface area contributed by atoms with Crippen LogP contribution in [0.15, 0.2) is 29.0 Å². The molecule has 3 aromatic rings. The Bertz CT molecular complexity index is 961. The van der Waals surface area contributed by atoms with E-state index in [1.54, 1.807) is 6.08 Å². The lowest BCUT2D eigenvalue weighted by Crippen LogP contribution is -2.28. The highest BCUT2D eigenvalue weighted by atomic mass is 19.4. The molecule has 0 saturated carbocycles. The van der Waals surface area contributed by atoms with Crippen molar-refractivity contribution in [3.63, 3.8) is 0 Å². The molecule has 0 aliphatic carbocycles. The normalized spacial score (nSPS) is 12.6. The Hall–Kier alpha value is -2.68. The van der Waals surface area contributed by atoms with Crippen LogP contribution in [0.1, 0.15) is 44.0 Å². The minimum Gasteiger partial charge on any atom is -0.329 e. The molecular formula is C20H24F3N5O. The Morgan fingerprint density at radius 1 is 1.17 bits per heavy atom. The van der Waals surface area contributed by atoms with Crippen molar-refractivity contribution < 1.29 is 17.7 Å². The third kappa shape index (κ3) is 5.44. The maximum Gasteiger partial charge on any atom is 0.471 e. The number of hydrogen-bond donors (Lipinski definition) is 0. The summed E-state index contributed by atoms with van der Waals surface area (Å²) in [5.74, 6) is -1.49. The first-order valence-electron chi connectivity index (χ1n) is 9.67. The molecule has 2 heterocycles. The molecule has 2 aromatic heterocycles. The minimum absolute atomic E-state index is 0.130. The van der Waals surface area contributed by atoms with Gasteiger partial charge in [0.2, 0.25) is 0 Å². The van der Waals surface area contributed by atoms with Crippen LogP contribution in [0.3, 0.4) is 0 Å². The molecule has 29 heavy (non-hydrogen) atoms. The number of fused-ring (bicyclic) bond motifs is 1. The topological polar surface area (TPSA) is 60.0 Å². The molecule has 0 bridgehead atoms. The molecule has 0 aliphatic rings. The summed E-state index contributed by atoms with van der Waals surface area (Å²) >= 11 is 0. The van der Waals surface area contributed by atoms with E-state index in [0.29, 0.717) is 0 Å². The second kappa shape index (κ2) is 9.21. The van der Waals surface area contributed by atoms with Gasteiger partial charge in [0.05, 0.1) is 17.4 Å². The van der Waals surface area contributed by atoms with Gasteiger partial charge >= 0.3 is 12.1 Å². The first-order valence-corrected chi connectivity index (χ1v) is 9.67. The molecule has 0 unspecified atom stereocenters. The minimum atomic E-state index is -4.64. The van der Waals surface area contributed by atoms with Crippen LogP contribution >= 0.6 is 0 Å². The highest BCUT2D eigenvalue weighted by Gasteiger charge is 2.38. The largest absolute Gasteiger partial charge is 0.471 e. The maximum atomic E-state index is 12.5. The van der Waals surface area contributed by atoms with E-state index in [9.17, 15) is 13.2 Å². The summed E-state index contributed by atoms with van der Waals surface area (Å²) in [5, 5.41) is 3.32. The van der Waals surface area contributed by atoms with E-state index < -0.39 is 12.1 Å². The molecule has 156 valence electrons. The number of hydrogen-bond acceptors (Lipinski definition) is 5. The Morgan fingerprint density at radius 2 is 2.00 bits per heavy atom. The van der Waals surface area contributed by atoms with Gasteiger partial charge in [-0.3, -0.25) is 0 Å². The number of unbranched alkanes of at least 4 members (excludes halogenated alkanes) is 1. The SMILES string of the molecule is CCCCN(CC)CCn1cnc2cc(/C=C/c3noc(C(F)(F)F)n3)ccc21. The van der Waals surface area contributed by atoms with Crippen LogP contribution in [0.5, 0.6) is 0 Å².